The summed E-state index contributed by atoms with van der Waals surface area (Å²) in [6, 6.07) is 0. The smallest absolute Gasteiger partial charge is 0.198 e. The van der Waals surface area contributed by atoms with Gasteiger partial charge in [0.05, 0.1) is 26.1 Å². The zero-order chi connectivity index (χ0) is 15.1. The lowest BCUT2D eigenvalue weighted by Crippen LogP contribution is -2.08. The normalized spacial score (nSPS) is 11.6. The Hall–Kier alpha value is -1.34. The molecule has 2 heterocycles. The molecular formula is C12H20N5O3P. The fourth-order valence-corrected chi connectivity index (χ4v) is 2.88. The first-order valence-electron chi connectivity index (χ1n) is 6.78. The molecule has 0 radical (unpaired) electrons. The molecule has 0 amide bonds. The second-order valence-corrected chi connectivity index (χ2v) is 5.51. The summed E-state index contributed by atoms with van der Waals surface area (Å²) in [7, 11) is -0.967. The Morgan fingerprint density at radius 1 is 1.19 bits per heavy atom. The van der Waals surface area contributed by atoms with Crippen LogP contribution in [0, 0.1) is 0 Å². The monoisotopic (exact) mass is 313 g/mol. The lowest BCUT2D eigenvalue weighted by Gasteiger charge is -2.15. The van der Waals surface area contributed by atoms with Crippen LogP contribution in [0.3, 0.4) is 0 Å². The molecule has 0 unspecified atom stereocenters. The first-order chi connectivity index (χ1) is 10.3. The molecule has 0 aromatic carbocycles. The van der Waals surface area contributed by atoms with Crippen LogP contribution < -0.4 is 5.73 Å². The van der Waals surface area contributed by atoms with Crippen molar-refractivity contribution in [1.82, 2.24) is 19.5 Å². The summed E-state index contributed by atoms with van der Waals surface area (Å²) in [5.41, 5.74) is 7.17. The second kappa shape index (κ2) is 8.19. The van der Waals surface area contributed by atoms with Crippen molar-refractivity contribution in [3.05, 3.63) is 12.7 Å². The SMILES string of the molecule is CCOP(COCCn1cnc2ncnc(N)c21)OCC. The number of aromatic nitrogens is 4. The van der Waals surface area contributed by atoms with Gasteiger partial charge in [-0.3, -0.25) is 0 Å². The largest absolute Gasteiger partial charge is 0.382 e. The summed E-state index contributed by atoms with van der Waals surface area (Å²) >= 11 is 0. The molecule has 0 aliphatic carbocycles. The Morgan fingerprint density at radius 2 is 1.95 bits per heavy atom. The Bertz CT molecular complexity index is 559. The highest BCUT2D eigenvalue weighted by Gasteiger charge is 2.10. The quantitative estimate of drug-likeness (QED) is 0.556. The third-order valence-corrected chi connectivity index (χ3v) is 4.14. The number of nitrogen functional groups attached to an aromatic ring is 1. The number of fused-ring (bicyclic) bond motifs is 1. The minimum atomic E-state index is -0.967. The molecule has 2 rings (SSSR count). The van der Waals surface area contributed by atoms with Crippen LogP contribution >= 0.6 is 8.38 Å². The predicted molar refractivity (Wildman–Crippen MR) is 80.7 cm³/mol. The van der Waals surface area contributed by atoms with Gasteiger partial charge in [-0.1, -0.05) is 0 Å². The molecule has 21 heavy (non-hydrogen) atoms. The van der Waals surface area contributed by atoms with E-state index in [1.807, 2.05) is 18.4 Å². The van der Waals surface area contributed by atoms with Crippen LogP contribution in [0.1, 0.15) is 13.8 Å². The van der Waals surface area contributed by atoms with Crippen molar-refractivity contribution in [3.63, 3.8) is 0 Å². The van der Waals surface area contributed by atoms with Crippen LogP contribution in [0.2, 0.25) is 0 Å². The maximum atomic E-state index is 5.84. The van der Waals surface area contributed by atoms with E-state index >= 15 is 0 Å². The predicted octanol–water partition coefficient (Wildman–Crippen LogP) is 1.77. The summed E-state index contributed by atoms with van der Waals surface area (Å²) < 4.78 is 18.4. The highest BCUT2D eigenvalue weighted by Crippen LogP contribution is 2.37. The van der Waals surface area contributed by atoms with Crippen LogP contribution in [0.15, 0.2) is 12.7 Å². The van der Waals surface area contributed by atoms with Gasteiger partial charge >= 0.3 is 0 Å². The molecule has 0 saturated carbocycles. The van der Waals surface area contributed by atoms with E-state index in [4.69, 9.17) is 19.5 Å². The van der Waals surface area contributed by atoms with Gasteiger partial charge in [-0.05, 0) is 13.8 Å². The summed E-state index contributed by atoms with van der Waals surface area (Å²) in [5, 5.41) is 0. The maximum Gasteiger partial charge on any atom is 0.198 e. The number of nitrogens with two attached hydrogens (primary N) is 1. The molecule has 0 bridgehead atoms. The van der Waals surface area contributed by atoms with Gasteiger partial charge in [0.1, 0.15) is 18.2 Å². The Balaban J connectivity index is 1.85. The molecular weight excluding hydrogens is 293 g/mol. The number of anilines is 1. The van der Waals surface area contributed by atoms with Gasteiger partial charge in [0.25, 0.3) is 0 Å². The Morgan fingerprint density at radius 3 is 2.67 bits per heavy atom. The van der Waals surface area contributed by atoms with Crippen LogP contribution in [-0.4, -0.2) is 45.7 Å². The van der Waals surface area contributed by atoms with Crippen molar-refractivity contribution >= 4 is 25.4 Å². The number of rotatable bonds is 9. The molecule has 0 aliphatic rings. The lowest BCUT2D eigenvalue weighted by atomic mass is 10.5. The summed E-state index contributed by atoms with van der Waals surface area (Å²) in [6.45, 7) is 6.25. The Labute approximate surface area is 124 Å². The minimum absolute atomic E-state index is 0.420. The van der Waals surface area contributed by atoms with Gasteiger partial charge in [-0.25, -0.2) is 15.0 Å². The molecule has 0 spiro atoms. The average molecular weight is 313 g/mol. The van der Waals surface area contributed by atoms with E-state index in [-0.39, 0.29) is 0 Å². The third kappa shape index (κ3) is 4.31. The molecule has 2 aromatic heterocycles. The van der Waals surface area contributed by atoms with E-state index in [0.717, 1.165) is 5.52 Å². The van der Waals surface area contributed by atoms with Crippen LogP contribution in [-0.2, 0) is 20.3 Å². The fraction of sp³-hybridized carbons (Fsp3) is 0.583. The Kier molecular flexibility index (Phi) is 6.25. The highest BCUT2D eigenvalue weighted by molar-refractivity contribution is 7.47. The molecule has 8 nitrogen and oxygen atoms in total. The number of imidazole rings is 1. The summed E-state index contributed by atoms with van der Waals surface area (Å²) in [5.74, 6) is 0.420. The van der Waals surface area contributed by atoms with Crippen molar-refractivity contribution in [2.45, 2.75) is 20.4 Å². The molecule has 116 valence electrons. The molecule has 9 heteroatoms. The zero-order valence-corrected chi connectivity index (χ0v) is 13.1. The summed E-state index contributed by atoms with van der Waals surface area (Å²) in [6.07, 6.45) is 3.55. The van der Waals surface area contributed by atoms with Crippen molar-refractivity contribution in [1.29, 1.82) is 0 Å². The summed E-state index contributed by atoms with van der Waals surface area (Å²) in [4.78, 5) is 12.2. The van der Waals surface area contributed by atoms with Crippen molar-refractivity contribution < 1.29 is 13.8 Å². The standard InChI is InChI=1S/C12H20N5O3P/c1-3-19-21(20-4-2)9-18-6-5-17-8-16-12-10(17)11(13)14-7-15-12/h7-8H,3-6,9H2,1-2H3,(H2,13,14,15). The van der Waals surface area contributed by atoms with Crippen molar-refractivity contribution in [2.75, 3.05) is 31.9 Å². The van der Waals surface area contributed by atoms with E-state index in [9.17, 15) is 0 Å². The number of hydrogen-bond donors (Lipinski definition) is 1. The van der Waals surface area contributed by atoms with Crippen LogP contribution in [0.25, 0.3) is 11.2 Å². The van der Waals surface area contributed by atoms with Gasteiger partial charge in [0, 0.05) is 6.54 Å². The van der Waals surface area contributed by atoms with Crippen LogP contribution in [0.5, 0.6) is 0 Å². The topological polar surface area (TPSA) is 97.3 Å². The first kappa shape index (κ1) is 16.0. The van der Waals surface area contributed by atoms with Gasteiger partial charge < -0.3 is 24.1 Å². The molecule has 2 N–H and O–H groups in total. The minimum Gasteiger partial charge on any atom is -0.382 e. The maximum absolute atomic E-state index is 5.84. The second-order valence-electron chi connectivity index (χ2n) is 4.07. The van der Waals surface area contributed by atoms with Gasteiger partial charge in [-0.2, -0.15) is 0 Å². The first-order valence-corrected chi connectivity index (χ1v) is 8.15. The zero-order valence-electron chi connectivity index (χ0n) is 12.2. The van der Waals surface area contributed by atoms with Crippen molar-refractivity contribution in [2.24, 2.45) is 0 Å². The van der Waals surface area contributed by atoms with E-state index in [0.29, 0.717) is 44.2 Å². The van der Waals surface area contributed by atoms with Gasteiger partial charge in [0.15, 0.2) is 19.8 Å². The average Bonchev–Trinajstić information content (AvgIpc) is 2.88. The molecule has 0 atom stereocenters. The highest BCUT2D eigenvalue weighted by atomic mass is 31.2. The van der Waals surface area contributed by atoms with E-state index in [1.54, 1.807) is 6.33 Å². The van der Waals surface area contributed by atoms with E-state index in [2.05, 4.69) is 15.0 Å². The molecule has 0 fully saturated rings. The fourth-order valence-electron chi connectivity index (χ4n) is 1.81. The van der Waals surface area contributed by atoms with Crippen molar-refractivity contribution in [3.8, 4) is 0 Å². The van der Waals surface area contributed by atoms with Gasteiger partial charge in [0.2, 0.25) is 0 Å². The molecule has 0 saturated heterocycles. The molecule has 2 aromatic rings. The number of hydrogen-bond acceptors (Lipinski definition) is 7. The van der Waals surface area contributed by atoms with Crippen LogP contribution in [0.4, 0.5) is 5.82 Å². The lowest BCUT2D eigenvalue weighted by molar-refractivity contribution is 0.145. The van der Waals surface area contributed by atoms with Gasteiger partial charge in [-0.15, -0.1) is 0 Å². The number of nitrogens with zero attached hydrogens (tertiary/aromatic N) is 4. The third-order valence-electron chi connectivity index (χ3n) is 2.66. The van der Waals surface area contributed by atoms with E-state index in [1.165, 1.54) is 6.33 Å². The molecule has 0 aliphatic heterocycles. The van der Waals surface area contributed by atoms with E-state index < -0.39 is 8.38 Å². The number of ether oxygens (including phenoxy) is 1.